The Kier molecular flexibility index (Phi) is 6.62. The maximum atomic E-state index is 11.9. The first kappa shape index (κ1) is 13.5. The van der Waals surface area contributed by atoms with Gasteiger partial charge < -0.3 is 5.32 Å². The molecule has 4 heteroatoms. The SMILES string of the molecule is C=CCCCC(CCC(F)(F)F)NC. The van der Waals surface area contributed by atoms with E-state index in [1.165, 1.54) is 0 Å². The Hall–Kier alpha value is -0.510. The van der Waals surface area contributed by atoms with Crippen molar-refractivity contribution in [1.82, 2.24) is 5.32 Å². The monoisotopic (exact) mass is 209 g/mol. The molecule has 0 aromatic carbocycles. The van der Waals surface area contributed by atoms with Crippen molar-refractivity contribution in [3.63, 3.8) is 0 Å². The van der Waals surface area contributed by atoms with Gasteiger partial charge in [-0.25, -0.2) is 0 Å². The Morgan fingerprint density at radius 1 is 1.36 bits per heavy atom. The minimum absolute atomic E-state index is 0.0309. The number of unbranched alkanes of at least 4 members (excludes halogenated alkanes) is 1. The molecule has 1 atom stereocenters. The van der Waals surface area contributed by atoms with Crippen LogP contribution in [0.5, 0.6) is 0 Å². The van der Waals surface area contributed by atoms with Crippen molar-refractivity contribution in [1.29, 1.82) is 0 Å². The Balaban J connectivity index is 3.63. The fourth-order valence-electron chi connectivity index (χ4n) is 1.28. The van der Waals surface area contributed by atoms with Gasteiger partial charge in [0.05, 0.1) is 0 Å². The summed E-state index contributed by atoms with van der Waals surface area (Å²) in [6.07, 6.45) is -0.247. The van der Waals surface area contributed by atoms with Gasteiger partial charge in [0.2, 0.25) is 0 Å². The van der Waals surface area contributed by atoms with E-state index in [-0.39, 0.29) is 12.5 Å². The highest BCUT2D eigenvalue weighted by Gasteiger charge is 2.27. The van der Waals surface area contributed by atoms with Crippen LogP contribution in [0.3, 0.4) is 0 Å². The average Bonchev–Trinajstić information content (AvgIpc) is 2.09. The molecule has 0 radical (unpaired) electrons. The van der Waals surface area contributed by atoms with Gasteiger partial charge in [-0.15, -0.1) is 6.58 Å². The number of rotatable bonds is 7. The van der Waals surface area contributed by atoms with Gasteiger partial charge in [-0.05, 0) is 32.7 Å². The lowest BCUT2D eigenvalue weighted by molar-refractivity contribution is -0.136. The molecule has 1 unspecified atom stereocenters. The second kappa shape index (κ2) is 6.87. The summed E-state index contributed by atoms with van der Waals surface area (Å²) in [5.74, 6) is 0. The molecular weight excluding hydrogens is 191 g/mol. The number of allylic oxidation sites excluding steroid dienone is 1. The van der Waals surface area contributed by atoms with Crippen LogP contribution in [-0.4, -0.2) is 19.3 Å². The standard InChI is InChI=1S/C10H18F3N/c1-3-4-5-6-9(14-2)7-8-10(11,12)13/h3,9,14H,1,4-8H2,2H3. The molecule has 0 heterocycles. The molecule has 0 amide bonds. The van der Waals surface area contributed by atoms with Crippen molar-refractivity contribution in [3.05, 3.63) is 12.7 Å². The number of hydrogen-bond donors (Lipinski definition) is 1. The maximum Gasteiger partial charge on any atom is 0.389 e. The van der Waals surface area contributed by atoms with Crippen LogP contribution in [0.15, 0.2) is 12.7 Å². The van der Waals surface area contributed by atoms with E-state index in [1.54, 1.807) is 13.1 Å². The fourth-order valence-corrected chi connectivity index (χ4v) is 1.28. The third-order valence-electron chi connectivity index (χ3n) is 2.15. The van der Waals surface area contributed by atoms with Crippen molar-refractivity contribution in [2.75, 3.05) is 7.05 Å². The molecule has 0 spiro atoms. The second-order valence-corrected chi connectivity index (χ2v) is 3.36. The quantitative estimate of drug-likeness (QED) is 0.501. The summed E-state index contributed by atoms with van der Waals surface area (Å²) in [5.41, 5.74) is 0. The van der Waals surface area contributed by atoms with Gasteiger partial charge in [0.15, 0.2) is 0 Å². The molecule has 84 valence electrons. The fraction of sp³-hybridized carbons (Fsp3) is 0.800. The van der Waals surface area contributed by atoms with Crippen LogP contribution in [0.4, 0.5) is 13.2 Å². The van der Waals surface area contributed by atoms with Gasteiger partial charge in [-0.2, -0.15) is 13.2 Å². The minimum atomic E-state index is -4.03. The first-order chi connectivity index (χ1) is 6.49. The molecule has 0 saturated carbocycles. The topological polar surface area (TPSA) is 12.0 Å². The summed E-state index contributed by atoms with van der Waals surface area (Å²) in [5, 5.41) is 2.90. The zero-order valence-electron chi connectivity index (χ0n) is 8.53. The van der Waals surface area contributed by atoms with Crippen molar-refractivity contribution in [2.45, 2.75) is 44.3 Å². The number of alkyl halides is 3. The van der Waals surface area contributed by atoms with E-state index in [0.717, 1.165) is 19.3 Å². The van der Waals surface area contributed by atoms with Crippen molar-refractivity contribution in [2.24, 2.45) is 0 Å². The molecule has 0 fully saturated rings. The molecule has 0 aliphatic carbocycles. The molecule has 0 rings (SSSR count). The van der Waals surface area contributed by atoms with Gasteiger partial charge >= 0.3 is 6.18 Å². The Labute approximate surface area is 83.4 Å². The highest BCUT2D eigenvalue weighted by molar-refractivity contribution is 4.71. The highest BCUT2D eigenvalue weighted by atomic mass is 19.4. The van der Waals surface area contributed by atoms with E-state index in [0.29, 0.717) is 0 Å². The molecule has 0 saturated heterocycles. The van der Waals surface area contributed by atoms with Gasteiger partial charge in [0.25, 0.3) is 0 Å². The van der Waals surface area contributed by atoms with E-state index in [9.17, 15) is 13.2 Å². The zero-order valence-corrected chi connectivity index (χ0v) is 8.53. The molecule has 0 aliphatic heterocycles. The first-order valence-electron chi connectivity index (χ1n) is 4.84. The van der Waals surface area contributed by atoms with Crippen molar-refractivity contribution >= 4 is 0 Å². The second-order valence-electron chi connectivity index (χ2n) is 3.36. The van der Waals surface area contributed by atoms with Gasteiger partial charge in [-0.3, -0.25) is 0 Å². The summed E-state index contributed by atoms with van der Waals surface area (Å²) in [6.45, 7) is 3.57. The van der Waals surface area contributed by atoms with Crippen LogP contribution in [0, 0.1) is 0 Å². The van der Waals surface area contributed by atoms with Crippen LogP contribution in [0.2, 0.25) is 0 Å². The third-order valence-corrected chi connectivity index (χ3v) is 2.15. The smallest absolute Gasteiger partial charge is 0.317 e. The Bertz CT molecular complexity index is 154. The van der Waals surface area contributed by atoms with Crippen LogP contribution in [-0.2, 0) is 0 Å². The van der Waals surface area contributed by atoms with Gasteiger partial charge in [0, 0.05) is 12.5 Å². The molecule has 14 heavy (non-hydrogen) atoms. The van der Waals surface area contributed by atoms with E-state index in [4.69, 9.17) is 0 Å². The summed E-state index contributed by atoms with van der Waals surface area (Å²) in [4.78, 5) is 0. The summed E-state index contributed by atoms with van der Waals surface area (Å²) in [6, 6.07) is -0.0309. The summed E-state index contributed by atoms with van der Waals surface area (Å²) < 4.78 is 35.7. The lowest BCUT2D eigenvalue weighted by Gasteiger charge is -2.16. The number of halogens is 3. The van der Waals surface area contributed by atoms with Crippen LogP contribution in [0.25, 0.3) is 0 Å². The highest BCUT2D eigenvalue weighted by Crippen LogP contribution is 2.23. The number of nitrogens with one attached hydrogen (secondary N) is 1. The lowest BCUT2D eigenvalue weighted by Crippen LogP contribution is -2.27. The van der Waals surface area contributed by atoms with Crippen LogP contribution in [0.1, 0.15) is 32.1 Å². The third kappa shape index (κ3) is 8.10. The van der Waals surface area contributed by atoms with Crippen molar-refractivity contribution in [3.8, 4) is 0 Å². The molecule has 0 aromatic rings. The molecule has 1 nitrogen and oxygen atoms in total. The largest absolute Gasteiger partial charge is 0.389 e. The minimum Gasteiger partial charge on any atom is -0.317 e. The predicted molar refractivity (Wildman–Crippen MR) is 52.2 cm³/mol. The van der Waals surface area contributed by atoms with Crippen LogP contribution >= 0.6 is 0 Å². The normalized spacial score (nSPS) is 14.0. The zero-order chi connectivity index (χ0) is 11.0. The molecule has 0 bridgehead atoms. The molecule has 0 aromatic heterocycles. The first-order valence-corrected chi connectivity index (χ1v) is 4.84. The lowest BCUT2D eigenvalue weighted by atomic mass is 10.0. The van der Waals surface area contributed by atoms with E-state index < -0.39 is 12.6 Å². The maximum absolute atomic E-state index is 11.9. The molecular formula is C10H18F3N. The summed E-state index contributed by atoms with van der Waals surface area (Å²) >= 11 is 0. The molecule has 1 N–H and O–H groups in total. The van der Waals surface area contributed by atoms with E-state index in [1.807, 2.05) is 0 Å². The molecule has 0 aliphatic rings. The number of hydrogen-bond acceptors (Lipinski definition) is 1. The van der Waals surface area contributed by atoms with E-state index >= 15 is 0 Å². The van der Waals surface area contributed by atoms with E-state index in [2.05, 4.69) is 11.9 Å². The van der Waals surface area contributed by atoms with Crippen molar-refractivity contribution < 1.29 is 13.2 Å². The van der Waals surface area contributed by atoms with Gasteiger partial charge in [0.1, 0.15) is 0 Å². The predicted octanol–water partition coefficient (Wildman–Crippen LogP) is 3.27. The summed E-state index contributed by atoms with van der Waals surface area (Å²) in [7, 11) is 1.70. The van der Waals surface area contributed by atoms with Gasteiger partial charge in [-0.1, -0.05) is 6.08 Å². The Morgan fingerprint density at radius 3 is 2.43 bits per heavy atom. The Morgan fingerprint density at radius 2 is 2.00 bits per heavy atom. The average molecular weight is 209 g/mol. The van der Waals surface area contributed by atoms with Crippen LogP contribution < -0.4 is 5.32 Å².